The molecule has 1 amide bonds. The fourth-order valence-electron chi connectivity index (χ4n) is 4.09. The lowest BCUT2D eigenvalue weighted by Gasteiger charge is -2.31. The quantitative estimate of drug-likeness (QED) is 0.715. The average molecular weight is 395 g/mol. The molecular formula is C22H26FN5O. The fraction of sp³-hybridized carbons (Fsp3) is 0.409. The third kappa shape index (κ3) is 4.15. The number of likely N-dealkylation sites (tertiary alicyclic amines) is 1. The van der Waals surface area contributed by atoms with E-state index in [9.17, 15) is 9.18 Å². The molecule has 0 saturated carbocycles. The van der Waals surface area contributed by atoms with Crippen molar-refractivity contribution in [3.63, 3.8) is 0 Å². The lowest BCUT2D eigenvalue weighted by molar-refractivity contribution is -0.117. The van der Waals surface area contributed by atoms with Crippen LogP contribution in [0.3, 0.4) is 0 Å². The highest BCUT2D eigenvalue weighted by molar-refractivity contribution is 5.93. The van der Waals surface area contributed by atoms with Crippen LogP contribution in [-0.2, 0) is 11.2 Å². The summed E-state index contributed by atoms with van der Waals surface area (Å²) in [6.45, 7) is 6.13. The maximum atomic E-state index is 13.4. The van der Waals surface area contributed by atoms with Crippen LogP contribution >= 0.6 is 0 Å². The zero-order valence-electron chi connectivity index (χ0n) is 16.9. The molecule has 1 saturated heterocycles. The van der Waals surface area contributed by atoms with Gasteiger partial charge in [-0.1, -0.05) is 30.3 Å². The maximum absolute atomic E-state index is 13.4. The number of hydrogen-bond donors (Lipinski definition) is 1. The number of hydrogen-bond acceptors (Lipinski definition) is 4. The molecule has 6 nitrogen and oxygen atoms in total. The van der Waals surface area contributed by atoms with Gasteiger partial charge in [-0.3, -0.25) is 9.69 Å². The number of carbonyl (C=O) groups is 1. The molecule has 0 bridgehead atoms. The van der Waals surface area contributed by atoms with Crippen molar-refractivity contribution in [2.75, 3.05) is 25.0 Å². The number of nitrogens with zero attached hydrogens (tertiary/aromatic N) is 4. The largest absolute Gasteiger partial charge is 0.324 e. The second-order valence-corrected chi connectivity index (χ2v) is 7.69. The van der Waals surface area contributed by atoms with Crippen LogP contribution in [0.5, 0.6) is 0 Å². The number of nitrogens with one attached hydrogen (secondary N) is 1. The van der Waals surface area contributed by atoms with Crippen LogP contribution in [0.15, 0.2) is 36.4 Å². The molecule has 152 valence electrons. The predicted molar refractivity (Wildman–Crippen MR) is 111 cm³/mol. The van der Waals surface area contributed by atoms with Crippen LogP contribution in [0, 0.1) is 12.7 Å². The summed E-state index contributed by atoms with van der Waals surface area (Å²) in [5.74, 6) is -0.278. The smallest absolute Gasteiger partial charge is 0.238 e. The SMILES string of the molecule is CCc1cccc(C)c1NC(=O)CN1CCC(n2nnc3cc(F)ccc32)CC1. The highest BCUT2D eigenvalue weighted by Crippen LogP contribution is 2.26. The molecule has 0 unspecified atom stereocenters. The van der Waals surface area contributed by atoms with Crippen molar-refractivity contribution < 1.29 is 9.18 Å². The molecule has 0 aliphatic carbocycles. The van der Waals surface area contributed by atoms with E-state index in [1.54, 1.807) is 6.07 Å². The van der Waals surface area contributed by atoms with Crippen LogP contribution in [0.25, 0.3) is 11.0 Å². The first-order valence-corrected chi connectivity index (χ1v) is 10.2. The third-order valence-corrected chi connectivity index (χ3v) is 5.71. The van der Waals surface area contributed by atoms with Crippen molar-refractivity contribution in [3.05, 3.63) is 53.3 Å². The minimum Gasteiger partial charge on any atom is -0.324 e. The van der Waals surface area contributed by atoms with Gasteiger partial charge >= 0.3 is 0 Å². The van der Waals surface area contributed by atoms with Crippen LogP contribution in [0.2, 0.25) is 0 Å². The van der Waals surface area contributed by atoms with E-state index in [1.165, 1.54) is 12.1 Å². The van der Waals surface area contributed by atoms with Gasteiger partial charge in [-0.2, -0.15) is 0 Å². The average Bonchev–Trinajstić information content (AvgIpc) is 3.13. The maximum Gasteiger partial charge on any atom is 0.238 e. The summed E-state index contributed by atoms with van der Waals surface area (Å²) in [6.07, 6.45) is 2.65. The summed E-state index contributed by atoms with van der Waals surface area (Å²) < 4.78 is 15.3. The van der Waals surface area contributed by atoms with E-state index in [0.29, 0.717) is 12.1 Å². The lowest BCUT2D eigenvalue weighted by Crippen LogP contribution is -2.40. The van der Waals surface area contributed by atoms with Gasteiger partial charge in [0.1, 0.15) is 11.3 Å². The molecule has 1 aliphatic rings. The van der Waals surface area contributed by atoms with Crippen LogP contribution in [0.4, 0.5) is 10.1 Å². The topological polar surface area (TPSA) is 63.1 Å². The Morgan fingerprint density at radius 3 is 2.79 bits per heavy atom. The molecular weight excluding hydrogens is 369 g/mol. The number of aromatic nitrogens is 3. The van der Waals surface area contributed by atoms with Crippen molar-refractivity contribution >= 4 is 22.6 Å². The summed E-state index contributed by atoms with van der Waals surface area (Å²) in [5, 5.41) is 11.4. The highest BCUT2D eigenvalue weighted by atomic mass is 19.1. The molecule has 1 N–H and O–H groups in total. The van der Waals surface area contributed by atoms with Gasteiger partial charge in [0.15, 0.2) is 0 Å². The van der Waals surface area contributed by atoms with Crippen LogP contribution in [0.1, 0.15) is 36.9 Å². The zero-order chi connectivity index (χ0) is 20.4. The number of fused-ring (bicyclic) bond motifs is 1. The number of aryl methyl sites for hydroxylation is 2. The van der Waals surface area contributed by atoms with Gasteiger partial charge in [0.05, 0.1) is 18.1 Å². The Bertz CT molecular complexity index is 1020. The number of amides is 1. The molecule has 0 atom stereocenters. The van der Waals surface area contributed by atoms with Gasteiger partial charge in [-0.25, -0.2) is 9.07 Å². The lowest BCUT2D eigenvalue weighted by atomic mass is 10.0. The third-order valence-electron chi connectivity index (χ3n) is 5.71. The standard InChI is InChI=1S/C22H26FN5O/c1-3-16-6-4-5-15(2)22(16)24-21(29)14-27-11-9-18(10-12-27)28-20-8-7-17(23)13-19(20)25-26-28/h4-8,13,18H,3,9-12,14H2,1-2H3,(H,24,29). The Kier molecular flexibility index (Phi) is 5.58. The number of halogens is 1. The van der Waals surface area contributed by atoms with Crippen molar-refractivity contribution in [3.8, 4) is 0 Å². The Labute approximate surface area is 169 Å². The van der Waals surface area contributed by atoms with Gasteiger partial charge in [0, 0.05) is 24.8 Å². The van der Waals surface area contributed by atoms with Gasteiger partial charge in [-0.15, -0.1) is 5.10 Å². The minimum atomic E-state index is -0.301. The summed E-state index contributed by atoms with van der Waals surface area (Å²) in [7, 11) is 0. The number of para-hydroxylation sites is 1. The Morgan fingerprint density at radius 1 is 1.24 bits per heavy atom. The minimum absolute atomic E-state index is 0.0223. The van der Waals surface area contributed by atoms with E-state index in [1.807, 2.05) is 23.7 Å². The van der Waals surface area contributed by atoms with E-state index < -0.39 is 0 Å². The van der Waals surface area contributed by atoms with Crippen LogP contribution in [-0.4, -0.2) is 45.4 Å². The van der Waals surface area contributed by atoms with Gasteiger partial charge in [-0.05, 0) is 49.4 Å². The van der Waals surface area contributed by atoms with E-state index in [4.69, 9.17) is 0 Å². The zero-order valence-corrected chi connectivity index (χ0v) is 16.9. The Balaban J connectivity index is 1.36. The van der Waals surface area contributed by atoms with Gasteiger partial charge in [0.25, 0.3) is 0 Å². The summed E-state index contributed by atoms with van der Waals surface area (Å²) in [5.41, 5.74) is 4.62. The molecule has 3 aromatic rings. The van der Waals surface area contributed by atoms with E-state index >= 15 is 0 Å². The molecule has 7 heteroatoms. The fourth-order valence-corrected chi connectivity index (χ4v) is 4.09. The molecule has 2 heterocycles. The van der Waals surface area contributed by atoms with Crippen molar-refractivity contribution in [1.29, 1.82) is 0 Å². The number of carbonyl (C=O) groups excluding carboxylic acids is 1. The van der Waals surface area contributed by atoms with E-state index in [2.05, 4.69) is 33.5 Å². The molecule has 29 heavy (non-hydrogen) atoms. The Morgan fingerprint density at radius 2 is 2.03 bits per heavy atom. The number of rotatable bonds is 5. The summed E-state index contributed by atoms with van der Waals surface area (Å²) in [4.78, 5) is 14.8. The molecule has 1 aliphatic heterocycles. The molecule has 4 rings (SSSR count). The predicted octanol–water partition coefficient (Wildman–Crippen LogP) is 3.72. The number of piperidine rings is 1. The van der Waals surface area contributed by atoms with Crippen molar-refractivity contribution in [2.24, 2.45) is 0 Å². The van der Waals surface area contributed by atoms with E-state index in [-0.39, 0.29) is 17.8 Å². The van der Waals surface area contributed by atoms with Gasteiger partial charge in [0.2, 0.25) is 5.91 Å². The highest BCUT2D eigenvalue weighted by Gasteiger charge is 2.24. The van der Waals surface area contributed by atoms with Crippen molar-refractivity contribution in [1.82, 2.24) is 19.9 Å². The normalized spacial score (nSPS) is 15.7. The van der Waals surface area contributed by atoms with E-state index in [0.717, 1.165) is 54.7 Å². The number of benzene rings is 2. The molecule has 1 fully saturated rings. The second kappa shape index (κ2) is 8.29. The summed E-state index contributed by atoms with van der Waals surface area (Å²) >= 11 is 0. The number of anilines is 1. The van der Waals surface area contributed by atoms with Crippen molar-refractivity contribution in [2.45, 2.75) is 39.2 Å². The molecule has 1 aromatic heterocycles. The van der Waals surface area contributed by atoms with Crippen LogP contribution < -0.4 is 5.32 Å². The summed E-state index contributed by atoms with van der Waals surface area (Å²) in [6, 6.07) is 10.9. The second-order valence-electron chi connectivity index (χ2n) is 7.69. The van der Waals surface area contributed by atoms with Gasteiger partial charge < -0.3 is 5.32 Å². The first kappa shape index (κ1) is 19.5. The molecule has 0 spiro atoms. The first-order valence-electron chi connectivity index (χ1n) is 10.2. The monoisotopic (exact) mass is 395 g/mol. The Hall–Kier alpha value is -2.80. The molecule has 2 aromatic carbocycles. The molecule has 0 radical (unpaired) electrons. The first-order chi connectivity index (χ1) is 14.0.